The third kappa shape index (κ3) is 3.69. The van der Waals surface area contributed by atoms with Crippen molar-refractivity contribution in [1.29, 1.82) is 0 Å². The van der Waals surface area contributed by atoms with Crippen LogP contribution in [0.3, 0.4) is 0 Å². The molecular weight excluding hydrogens is 460 g/mol. The summed E-state index contributed by atoms with van der Waals surface area (Å²) in [5.41, 5.74) is 4.64. The number of carbonyl (C=O) groups excluding carboxylic acids is 1. The molecule has 2 heterocycles. The number of Topliss-reactive ketones (excluding diaryl/α,β-unsaturated/α-hetero) is 1. The van der Waals surface area contributed by atoms with Gasteiger partial charge in [0.05, 0.1) is 22.1 Å². The number of aryl methyl sites for hydroxylation is 1. The summed E-state index contributed by atoms with van der Waals surface area (Å²) in [4.78, 5) is 31.1. The van der Waals surface area contributed by atoms with Crippen LogP contribution in [0, 0.1) is 0 Å². The van der Waals surface area contributed by atoms with Gasteiger partial charge in [-0.2, -0.15) is 4.57 Å². The fraction of sp³-hybridized carbons (Fsp3) is 0.107. The van der Waals surface area contributed by atoms with Crippen LogP contribution in [0.15, 0.2) is 89.4 Å². The van der Waals surface area contributed by atoms with Gasteiger partial charge in [0.2, 0.25) is 17.0 Å². The van der Waals surface area contributed by atoms with E-state index >= 15 is 0 Å². The molecule has 1 aliphatic carbocycles. The molecule has 1 aliphatic heterocycles. The molecule has 0 bridgehead atoms. The molecule has 0 saturated heterocycles. The quantitative estimate of drug-likeness (QED) is 0.217. The molecule has 180 valence electrons. The third-order valence-corrected chi connectivity index (χ3v) is 6.59. The molecule has 0 radical (unpaired) electrons. The zero-order valence-corrected chi connectivity index (χ0v) is 19.6. The molecule has 0 saturated carbocycles. The molecule has 3 N–H and O–H groups in total. The maximum absolute atomic E-state index is 13.0. The molecule has 36 heavy (non-hydrogen) atoms. The van der Waals surface area contributed by atoms with Crippen molar-refractivity contribution >= 4 is 40.0 Å². The number of hydrogen-bond acceptors (Lipinski definition) is 6. The molecule has 0 atom stereocenters. The summed E-state index contributed by atoms with van der Waals surface area (Å²) in [6.07, 6.45) is 4.88. The number of ketones is 1. The van der Waals surface area contributed by atoms with Crippen molar-refractivity contribution in [2.75, 3.05) is 18.6 Å². The number of allylic oxidation sites excluding steroid dienone is 4. The molecule has 8 nitrogen and oxygen atoms in total. The summed E-state index contributed by atoms with van der Waals surface area (Å²) in [5, 5.41) is 30.1. The van der Waals surface area contributed by atoms with Gasteiger partial charge < -0.3 is 15.1 Å². The fourth-order valence-corrected chi connectivity index (χ4v) is 4.63. The number of pyridine rings is 1. The molecule has 0 unspecified atom stereocenters. The minimum atomic E-state index is -1.08. The van der Waals surface area contributed by atoms with Crippen LogP contribution < -0.4 is 9.47 Å². The maximum atomic E-state index is 13.0. The Morgan fingerprint density at radius 2 is 1.83 bits per heavy atom. The normalized spacial score (nSPS) is 17.5. The van der Waals surface area contributed by atoms with Crippen molar-refractivity contribution in [1.82, 2.24) is 0 Å². The lowest BCUT2D eigenvalue weighted by Crippen LogP contribution is -2.34. The lowest BCUT2D eigenvalue weighted by molar-refractivity contribution is -0.646. The number of likely N-dealkylation sites (N-methyl/N-ethyl adjacent to an activating group) is 1. The Hall–Kier alpha value is -4.53. The molecule has 2 aliphatic rings. The van der Waals surface area contributed by atoms with Gasteiger partial charge >= 0.3 is 5.97 Å². The van der Waals surface area contributed by atoms with Crippen molar-refractivity contribution < 1.29 is 34.5 Å². The number of carbonyl (C=O) groups is 2. The lowest BCUT2D eigenvalue weighted by atomic mass is 9.85. The van der Waals surface area contributed by atoms with Crippen LogP contribution in [0.5, 0.6) is 0 Å². The first-order valence-electron chi connectivity index (χ1n) is 11.2. The first kappa shape index (κ1) is 23.2. The van der Waals surface area contributed by atoms with E-state index < -0.39 is 5.97 Å². The van der Waals surface area contributed by atoms with Gasteiger partial charge in [-0.05, 0) is 29.9 Å². The van der Waals surface area contributed by atoms with Crippen LogP contribution in [-0.2, 0) is 16.7 Å². The zero-order chi connectivity index (χ0) is 25.6. The van der Waals surface area contributed by atoms with Crippen molar-refractivity contribution in [3.63, 3.8) is 0 Å². The van der Waals surface area contributed by atoms with Gasteiger partial charge in [0, 0.05) is 42.2 Å². The number of hydrogen-bond donors (Lipinski definition) is 3. The highest BCUT2D eigenvalue weighted by molar-refractivity contribution is 6.23. The highest BCUT2D eigenvalue weighted by atomic mass is 17.1. The van der Waals surface area contributed by atoms with Crippen molar-refractivity contribution in [3.05, 3.63) is 106 Å². The van der Waals surface area contributed by atoms with E-state index in [1.54, 1.807) is 42.0 Å². The highest BCUT2D eigenvalue weighted by Gasteiger charge is 2.34. The zero-order valence-electron chi connectivity index (χ0n) is 19.6. The molecule has 8 heteroatoms. The number of para-hydroxylation sites is 2. The number of aromatic nitrogens is 1. The van der Waals surface area contributed by atoms with Gasteiger partial charge in [0.1, 0.15) is 19.4 Å². The van der Waals surface area contributed by atoms with Gasteiger partial charge in [0.25, 0.3) is 0 Å². The lowest BCUT2D eigenvalue weighted by Gasteiger charge is -2.30. The predicted molar refractivity (Wildman–Crippen MR) is 134 cm³/mol. The van der Waals surface area contributed by atoms with Gasteiger partial charge in [0.15, 0.2) is 0 Å². The highest BCUT2D eigenvalue weighted by Crippen LogP contribution is 2.38. The number of benzene rings is 2. The van der Waals surface area contributed by atoms with E-state index in [-0.39, 0.29) is 34.9 Å². The van der Waals surface area contributed by atoms with Crippen LogP contribution in [0.2, 0.25) is 0 Å². The summed E-state index contributed by atoms with van der Waals surface area (Å²) >= 11 is 0. The van der Waals surface area contributed by atoms with E-state index in [9.17, 15) is 19.8 Å². The Balaban J connectivity index is 1.57. The Labute approximate surface area is 206 Å². The minimum Gasteiger partial charge on any atom is -0.506 e. The number of anilines is 1. The molecule has 0 spiro atoms. The van der Waals surface area contributed by atoms with Crippen LogP contribution >= 0.6 is 0 Å². The van der Waals surface area contributed by atoms with Crippen molar-refractivity contribution in [2.45, 2.75) is 0 Å². The van der Waals surface area contributed by atoms with Gasteiger partial charge in [-0.3, -0.25) is 10.1 Å². The number of aliphatic hydroxyl groups is 1. The Bertz CT molecular complexity index is 1580. The third-order valence-electron chi connectivity index (χ3n) is 6.59. The number of aromatic carboxylic acids is 1. The molecule has 0 amide bonds. The number of carboxylic acids is 1. The monoisotopic (exact) mass is 483 g/mol. The van der Waals surface area contributed by atoms with E-state index in [0.29, 0.717) is 22.3 Å². The first-order valence-corrected chi connectivity index (χ1v) is 11.2. The summed E-state index contributed by atoms with van der Waals surface area (Å²) < 4.78 is 1.78. The summed E-state index contributed by atoms with van der Waals surface area (Å²) in [5.74, 6) is -1.60. The van der Waals surface area contributed by atoms with E-state index in [1.165, 1.54) is 12.1 Å². The molecule has 5 rings (SSSR count). The summed E-state index contributed by atoms with van der Waals surface area (Å²) in [6.45, 7) is -0.0311. The van der Waals surface area contributed by atoms with Gasteiger partial charge in [-0.25, -0.2) is 9.68 Å². The van der Waals surface area contributed by atoms with Gasteiger partial charge in [-0.1, -0.05) is 30.3 Å². The van der Waals surface area contributed by atoms with Crippen LogP contribution in [0.4, 0.5) is 5.69 Å². The number of fused-ring (bicyclic) bond motifs is 2. The van der Waals surface area contributed by atoms with Crippen molar-refractivity contribution in [2.24, 2.45) is 7.05 Å². The Morgan fingerprint density at radius 3 is 2.56 bits per heavy atom. The minimum absolute atomic E-state index is 0.0311. The second kappa shape index (κ2) is 8.92. The number of aliphatic hydroxyl groups excluding tert-OH is 1. The largest absolute Gasteiger partial charge is 0.506 e. The number of rotatable bonds is 5. The first-order chi connectivity index (χ1) is 17.3. The number of carboxylic acid groups (broad SMARTS) is 1. The number of nitrogens with zero attached hydrogens (tertiary/aromatic N) is 2. The van der Waals surface area contributed by atoms with Crippen LogP contribution in [0.1, 0.15) is 21.6 Å². The van der Waals surface area contributed by atoms with E-state index in [0.717, 1.165) is 16.8 Å². The van der Waals surface area contributed by atoms with Crippen molar-refractivity contribution in [3.8, 4) is 0 Å². The smallest absolute Gasteiger partial charge is 0.336 e. The maximum Gasteiger partial charge on any atom is 0.336 e. The topological polar surface area (TPSA) is 111 Å². The van der Waals surface area contributed by atoms with Crippen LogP contribution in [-0.4, -0.2) is 40.9 Å². The van der Waals surface area contributed by atoms with Crippen LogP contribution in [0.25, 0.3) is 22.6 Å². The second-order valence-corrected chi connectivity index (χ2v) is 8.60. The summed E-state index contributed by atoms with van der Waals surface area (Å²) in [6, 6.07) is 16.2. The van der Waals surface area contributed by atoms with E-state index in [2.05, 4.69) is 4.89 Å². The molecular formula is C28H23N2O6+. The average Bonchev–Trinajstić information content (AvgIpc) is 2.89. The second-order valence-electron chi connectivity index (χ2n) is 8.60. The molecule has 1 aromatic heterocycles. The van der Waals surface area contributed by atoms with Gasteiger partial charge in [-0.15, -0.1) is 0 Å². The fourth-order valence-electron chi connectivity index (χ4n) is 4.63. The molecule has 0 fully saturated rings. The Kier molecular flexibility index (Phi) is 5.75. The van der Waals surface area contributed by atoms with E-state index in [1.807, 2.05) is 42.3 Å². The summed E-state index contributed by atoms with van der Waals surface area (Å²) in [7, 11) is 3.62. The van der Waals surface area contributed by atoms with E-state index in [4.69, 9.17) is 5.26 Å². The Morgan fingerprint density at radius 1 is 1.11 bits per heavy atom. The average molecular weight is 484 g/mol. The standard InChI is InChI=1S/C28H22N2O6/c1-29-17(11-16(15-36-35)19-7-3-5-9-24(19)29)13-22-26(31)23(27(22)32)14-18-12-21(28(33)34)20-8-4-6-10-25(20)30(18)2/h3-14H,15H2,1-2H3,(H2-,31,32,33,34,35)/p+1. The molecule has 3 aromatic rings. The predicted octanol–water partition coefficient (Wildman–Crippen LogP) is 4.05. The SMILES string of the molecule is CN1C(=CC2=C(O)C(=Cc3cc(C(=O)O)c4ccccc4[n+]3C)C2=O)C=C(COO)c2ccccc21. The molecule has 2 aromatic carbocycles.